The summed E-state index contributed by atoms with van der Waals surface area (Å²) < 4.78 is 15.5. The Labute approximate surface area is 130 Å². The van der Waals surface area contributed by atoms with E-state index in [0.29, 0.717) is 21.9 Å². The highest BCUT2D eigenvalue weighted by molar-refractivity contribution is 6.32. The number of para-hydroxylation sites is 1. The van der Waals surface area contributed by atoms with Crippen molar-refractivity contribution < 1.29 is 18.7 Å². The summed E-state index contributed by atoms with van der Waals surface area (Å²) in [6.07, 6.45) is 0. The highest BCUT2D eigenvalue weighted by Gasteiger charge is 2.13. The highest BCUT2D eigenvalue weighted by Crippen LogP contribution is 2.30. The second kappa shape index (κ2) is 5.69. The molecule has 0 saturated carbocycles. The molecule has 0 fully saturated rings. The van der Waals surface area contributed by atoms with Gasteiger partial charge in [-0.1, -0.05) is 23.7 Å². The number of carbonyl (C=O) groups excluding carboxylic acids is 1. The molecule has 0 atom stereocenters. The zero-order valence-corrected chi connectivity index (χ0v) is 12.3. The molecule has 3 rings (SSSR count). The third kappa shape index (κ3) is 2.51. The molecule has 0 amide bonds. The normalized spacial score (nSPS) is 10.8. The number of halogens is 1. The molecule has 0 aliphatic carbocycles. The molecular formula is C16H11ClO5. The van der Waals surface area contributed by atoms with E-state index in [9.17, 15) is 9.59 Å². The Balaban J connectivity index is 2.14. The van der Waals surface area contributed by atoms with Gasteiger partial charge in [0.2, 0.25) is 5.43 Å². The fourth-order valence-corrected chi connectivity index (χ4v) is 2.33. The minimum absolute atomic E-state index is 0.168. The smallest absolute Gasteiger partial charge is 0.343 e. The number of carbonyl (C=O) groups is 1. The summed E-state index contributed by atoms with van der Waals surface area (Å²) in [6.45, 7) is -0.278. The van der Waals surface area contributed by atoms with Gasteiger partial charge < -0.3 is 13.9 Å². The number of fused-ring (bicyclic) bond motifs is 2. The Morgan fingerprint density at radius 2 is 1.95 bits per heavy atom. The molecule has 3 aromatic rings. The Hall–Kier alpha value is -2.53. The molecule has 22 heavy (non-hydrogen) atoms. The molecule has 0 radical (unpaired) electrons. The van der Waals surface area contributed by atoms with Crippen molar-refractivity contribution in [3.05, 3.63) is 51.6 Å². The van der Waals surface area contributed by atoms with Gasteiger partial charge in [-0.15, -0.1) is 0 Å². The Bertz CT molecular complexity index is 929. The van der Waals surface area contributed by atoms with E-state index in [1.165, 1.54) is 19.2 Å². The summed E-state index contributed by atoms with van der Waals surface area (Å²) >= 11 is 6.10. The van der Waals surface area contributed by atoms with Crippen molar-refractivity contribution in [2.45, 2.75) is 0 Å². The van der Waals surface area contributed by atoms with Crippen LogP contribution in [0.25, 0.3) is 21.9 Å². The van der Waals surface area contributed by atoms with Gasteiger partial charge in [-0.2, -0.15) is 0 Å². The van der Waals surface area contributed by atoms with E-state index in [4.69, 9.17) is 20.8 Å². The van der Waals surface area contributed by atoms with Gasteiger partial charge in [0.15, 0.2) is 6.61 Å². The fourth-order valence-electron chi connectivity index (χ4n) is 2.11. The third-order valence-corrected chi connectivity index (χ3v) is 3.50. The van der Waals surface area contributed by atoms with Crippen molar-refractivity contribution >= 4 is 39.5 Å². The van der Waals surface area contributed by atoms with Crippen LogP contribution in [0, 0.1) is 0 Å². The second-order valence-electron chi connectivity index (χ2n) is 4.57. The summed E-state index contributed by atoms with van der Waals surface area (Å²) in [7, 11) is 1.26. The fraction of sp³-hybridized carbons (Fsp3) is 0.125. The van der Waals surface area contributed by atoms with Crippen LogP contribution in [0.3, 0.4) is 0 Å². The largest absolute Gasteiger partial charge is 0.480 e. The maximum atomic E-state index is 12.4. The molecule has 112 valence electrons. The summed E-state index contributed by atoms with van der Waals surface area (Å²) in [4.78, 5) is 23.6. The number of benzene rings is 2. The van der Waals surface area contributed by atoms with E-state index in [0.717, 1.165) is 0 Å². The number of hydrogen-bond acceptors (Lipinski definition) is 5. The highest BCUT2D eigenvalue weighted by atomic mass is 35.5. The molecule has 0 spiro atoms. The van der Waals surface area contributed by atoms with Crippen molar-refractivity contribution in [1.29, 1.82) is 0 Å². The lowest BCUT2D eigenvalue weighted by molar-refractivity contribution is -0.142. The molecule has 0 aliphatic rings. The van der Waals surface area contributed by atoms with Crippen LogP contribution in [0.1, 0.15) is 0 Å². The maximum absolute atomic E-state index is 12.4. The first-order valence-electron chi connectivity index (χ1n) is 6.45. The molecule has 0 unspecified atom stereocenters. The number of methoxy groups -OCH3 is 1. The summed E-state index contributed by atoms with van der Waals surface area (Å²) in [5.74, 6) is -0.283. The van der Waals surface area contributed by atoms with Gasteiger partial charge in [-0.25, -0.2) is 4.79 Å². The standard InChI is InChI=1S/C16H11ClO5/c1-20-15(18)8-21-14-7-13-10(6-11(14)17)16(19)9-4-2-3-5-12(9)22-13/h2-7H,8H2,1H3. The number of ether oxygens (including phenoxy) is 2. The average molecular weight is 319 g/mol. The van der Waals surface area contributed by atoms with Crippen LogP contribution in [0.4, 0.5) is 0 Å². The molecule has 2 aromatic carbocycles. The van der Waals surface area contributed by atoms with E-state index in [2.05, 4.69) is 4.74 Å². The third-order valence-electron chi connectivity index (χ3n) is 3.20. The zero-order valence-electron chi connectivity index (χ0n) is 11.6. The predicted octanol–water partition coefficient (Wildman–Crippen LogP) is 3.15. The molecular weight excluding hydrogens is 308 g/mol. The number of rotatable bonds is 3. The first-order valence-corrected chi connectivity index (χ1v) is 6.82. The quantitative estimate of drug-likeness (QED) is 0.548. The average Bonchev–Trinajstić information content (AvgIpc) is 2.53. The Kier molecular flexibility index (Phi) is 3.73. The van der Waals surface area contributed by atoms with Gasteiger partial charge >= 0.3 is 5.97 Å². The Morgan fingerprint density at radius 3 is 2.73 bits per heavy atom. The van der Waals surface area contributed by atoms with Crippen LogP contribution in [0.15, 0.2) is 45.6 Å². The predicted molar refractivity (Wildman–Crippen MR) is 82.5 cm³/mol. The van der Waals surface area contributed by atoms with Crippen LogP contribution in [0.5, 0.6) is 5.75 Å². The lowest BCUT2D eigenvalue weighted by Gasteiger charge is -2.08. The van der Waals surface area contributed by atoms with Gasteiger partial charge in [0.05, 0.1) is 22.9 Å². The van der Waals surface area contributed by atoms with Crippen molar-refractivity contribution in [2.24, 2.45) is 0 Å². The van der Waals surface area contributed by atoms with E-state index in [-0.39, 0.29) is 22.8 Å². The van der Waals surface area contributed by atoms with E-state index >= 15 is 0 Å². The van der Waals surface area contributed by atoms with E-state index in [1.807, 2.05) is 0 Å². The SMILES string of the molecule is COC(=O)COc1cc2oc3ccccc3c(=O)c2cc1Cl. The van der Waals surface area contributed by atoms with Crippen molar-refractivity contribution in [3.63, 3.8) is 0 Å². The zero-order chi connectivity index (χ0) is 15.7. The molecule has 6 heteroatoms. The summed E-state index contributed by atoms with van der Waals surface area (Å²) in [5.41, 5.74) is 0.646. The minimum atomic E-state index is -0.531. The first kappa shape index (κ1) is 14.4. The van der Waals surface area contributed by atoms with Crippen LogP contribution >= 0.6 is 11.6 Å². The molecule has 0 N–H and O–H groups in total. The van der Waals surface area contributed by atoms with Gasteiger partial charge in [-0.05, 0) is 18.2 Å². The second-order valence-corrected chi connectivity index (χ2v) is 4.98. The molecule has 0 saturated heterocycles. The minimum Gasteiger partial charge on any atom is -0.480 e. The van der Waals surface area contributed by atoms with Gasteiger partial charge in [-0.3, -0.25) is 4.79 Å². The summed E-state index contributed by atoms with van der Waals surface area (Å²) in [6, 6.07) is 9.91. The van der Waals surface area contributed by atoms with Crippen molar-refractivity contribution in [1.82, 2.24) is 0 Å². The Morgan fingerprint density at radius 1 is 1.18 bits per heavy atom. The van der Waals surface area contributed by atoms with Crippen LogP contribution < -0.4 is 10.2 Å². The first-order chi connectivity index (χ1) is 10.6. The van der Waals surface area contributed by atoms with Crippen LogP contribution in [-0.4, -0.2) is 19.7 Å². The van der Waals surface area contributed by atoms with Crippen molar-refractivity contribution in [2.75, 3.05) is 13.7 Å². The maximum Gasteiger partial charge on any atom is 0.343 e. The molecule has 0 aliphatic heterocycles. The van der Waals surface area contributed by atoms with Crippen molar-refractivity contribution in [3.8, 4) is 5.75 Å². The molecule has 0 bridgehead atoms. The van der Waals surface area contributed by atoms with Gasteiger partial charge in [0.1, 0.15) is 16.9 Å². The lowest BCUT2D eigenvalue weighted by Crippen LogP contribution is -2.13. The van der Waals surface area contributed by atoms with E-state index in [1.54, 1.807) is 24.3 Å². The monoisotopic (exact) mass is 318 g/mol. The molecule has 1 aromatic heterocycles. The molecule has 5 nitrogen and oxygen atoms in total. The van der Waals surface area contributed by atoms with Crippen LogP contribution in [0.2, 0.25) is 5.02 Å². The van der Waals surface area contributed by atoms with Gasteiger partial charge in [0, 0.05) is 6.07 Å². The summed E-state index contributed by atoms with van der Waals surface area (Å²) in [5, 5.41) is 1.06. The number of esters is 1. The topological polar surface area (TPSA) is 65.7 Å². The molecule has 1 heterocycles. The van der Waals surface area contributed by atoms with Gasteiger partial charge in [0.25, 0.3) is 0 Å². The lowest BCUT2D eigenvalue weighted by atomic mass is 10.1. The van der Waals surface area contributed by atoms with Crippen LogP contribution in [-0.2, 0) is 9.53 Å². The van der Waals surface area contributed by atoms with E-state index < -0.39 is 5.97 Å². The number of hydrogen-bond donors (Lipinski definition) is 0.